The van der Waals surface area contributed by atoms with Crippen LogP contribution in [0.3, 0.4) is 0 Å². The van der Waals surface area contributed by atoms with Gasteiger partial charge >= 0.3 is 0 Å². The lowest BCUT2D eigenvalue weighted by atomic mass is 9.86. The lowest BCUT2D eigenvalue weighted by Crippen LogP contribution is -2.31. The predicted molar refractivity (Wildman–Crippen MR) is 82.4 cm³/mol. The Morgan fingerprint density at radius 3 is 2.63 bits per heavy atom. The van der Waals surface area contributed by atoms with E-state index in [9.17, 15) is 0 Å². The van der Waals surface area contributed by atoms with Crippen LogP contribution < -0.4 is 5.73 Å². The van der Waals surface area contributed by atoms with E-state index in [4.69, 9.17) is 11.1 Å². The van der Waals surface area contributed by atoms with Crippen molar-refractivity contribution in [2.45, 2.75) is 40.2 Å². The van der Waals surface area contributed by atoms with Crippen LogP contribution in [0.1, 0.15) is 37.8 Å². The summed E-state index contributed by atoms with van der Waals surface area (Å²) in [5.74, 6) is 0.286. The minimum Gasteiger partial charge on any atom is -0.387 e. The molecule has 106 valence electrons. The third-order valence-corrected chi connectivity index (χ3v) is 3.61. The minimum atomic E-state index is -0.176. The summed E-state index contributed by atoms with van der Waals surface area (Å²) in [5, 5.41) is 7.55. The second-order valence-electron chi connectivity index (χ2n) is 6.13. The number of benzene rings is 1. The van der Waals surface area contributed by atoms with Gasteiger partial charge in [-0.2, -0.15) is 0 Å². The van der Waals surface area contributed by atoms with Crippen molar-refractivity contribution in [3.63, 3.8) is 0 Å². The maximum Gasteiger partial charge on any atom is 0.0963 e. The summed E-state index contributed by atoms with van der Waals surface area (Å²) in [6.07, 6.45) is 2.02. The summed E-state index contributed by atoms with van der Waals surface area (Å²) in [7, 11) is 2.14. The first-order valence-corrected chi connectivity index (χ1v) is 6.90. The third kappa shape index (κ3) is 5.43. The molecule has 0 fully saturated rings. The van der Waals surface area contributed by atoms with Crippen LogP contribution in [0.25, 0.3) is 0 Å². The first-order valence-electron chi connectivity index (χ1n) is 6.90. The molecule has 1 aromatic carbocycles. The summed E-state index contributed by atoms with van der Waals surface area (Å²) < 4.78 is 0. The molecule has 0 aliphatic heterocycles. The van der Waals surface area contributed by atoms with Gasteiger partial charge in [-0.3, -0.25) is 5.41 Å². The fourth-order valence-corrected chi connectivity index (χ4v) is 2.13. The predicted octanol–water partition coefficient (Wildman–Crippen LogP) is 3.17. The summed E-state index contributed by atoms with van der Waals surface area (Å²) >= 11 is 0. The number of amidine groups is 1. The average molecular weight is 261 g/mol. The van der Waals surface area contributed by atoms with E-state index in [1.807, 2.05) is 13.8 Å². The molecule has 0 saturated carbocycles. The van der Waals surface area contributed by atoms with Gasteiger partial charge < -0.3 is 10.6 Å². The van der Waals surface area contributed by atoms with Crippen LogP contribution in [-0.4, -0.2) is 24.3 Å². The molecule has 3 heteroatoms. The lowest BCUT2D eigenvalue weighted by molar-refractivity contribution is 0.300. The van der Waals surface area contributed by atoms with Crippen molar-refractivity contribution >= 4 is 5.84 Å². The lowest BCUT2D eigenvalue weighted by Gasteiger charge is -2.24. The van der Waals surface area contributed by atoms with E-state index in [0.29, 0.717) is 0 Å². The molecule has 0 bridgehead atoms. The Balaban J connectivity index is 2.36. The van der Waals surface area contributed by atoms with Gasteiger partial charge in [0.25, 0.3) is 0 Å². The standard InChI is InChI=1S/C16H27N3/c1-13-7-5-8-14(11-13)12-19(4)10-6-9-16(2,3)15(17)18/h5,7-8,11H,6,9-10,12H2,1-4H3,(H3,17,18). The van der Waals surface area contributed by atoms with Crippen LogP contribution in [0, 0.1) is 17.7 Å². The molecule has 0 atom stereocenters. The number of hydrogen-bond donors (Lipinski definition) is 2. The third-order valence-electron chi connectivity index (χ3n) is 3.61. The van der Waals surface area contributed by atoms with Gasteiger partial charge in [-0.1, -0.05) is 43.7 Å². The van der Waals surface area contributed by atoms with Crippen molar-refractivity contribution in [2.24, 2.45) is 11.1 Å². The van der Waals surface area contributed by atoms with Crippen LogP contribution >= 0.6 is 0 Å². The van der Waals surface area contributed by atoms with Crippen LogP contribution in [-0.2, 0) is 6.54 Å². The molecule has 0 amide bonds. The zero-order valence-corrected chi connectivity index (χ0v) is 12.7. The molecule has 19 heavy (non-hydrogen) atoms. The largest absolute Gasteiger partial charge is 0.387 e. The molecule has 1 rings (SSSR count). The molecule has 0 saturated heterocycles. The van der Waals surface area contributed by atoms with Gasteiger partial charge in [0.15, 0.2) is 0 Å². The normalized spacial score (nSPS) is 11.8. The van der Waals surface area contributed by atoms with Crippen molar-refractivity contribution in [3.8, 4) is 0 Å². The number of aryl methyl sites for hydroxylation is 1. The van der Waals surface area contributed by atoms with Gasteiger partial charge in [0.1, 0.15) is 0 Å². The van der Waals surface area contributed by atoms with Crippen molar-refractivity contribution in [3.05, 3.63) is 35.4 Å². The summed E-state index contributed by atoms with van der Waals surface area (Å²) in [5.41, 5.74) is 8.08. The molecule has 0 unspecified atom stereocenters. The Morgan fingerprint density at radius 2 is 2.05 bits per heavy atom. The van der Waals surface area contributed by atoms with Gasteiger partial charge in [-0.15, -0.1) is 0 Å². The molecule has 3 N–H and O–H groups in total. The Hall–Kier alpha value is -1.35. The molecular weight excluding hydrogens is 234 g/mol. The fraction of sp³-hybridized carbons (Fsp3) is 0.562. The van der Waals surface area contributed by atoms with Crippen LogP contribution in [0.2, 0.25) is 0 Å². The van der Waals surface area contributed by atoms with E-state index in [0.717, 1.165) is 25.9 Å². The second-order valence-corrected chi connectivity index (χ2v) is 6.13. The monoisotopic (exact) mass is 261 g/mol. The quantitative estimate of drug-likeness (QED) is 0.585. The van der Waals surface area contributed by atoms with E-state index < -0.39 is 0 Å². The van der Waals surface area contributed by atoms with Crippen molar-refractivity contribution in [1.29, 1.82) is 5.41 Å². The Kier molecular flexibility index (Phi) is 5.55. The topological polar surface area (TPSA) is 53.1 Å². The molecule has 0 radical (unpaired) electrons. The fourth-order valence-electron chi connectivity index (χ4n) is 2.13. The van der Waals surface area contributed by atoms with Crippen molar-refractivity contribution in [2.75, 3.05) is 13.6 Å². The van der Waals surface area contributed by atoms with Crippen LogP contribution in [0.5, 0.6) is 0 Å². The van der Waals surface area contributed by atoms with Gasteiger partial charge in [0, 0.05) is 12.0 Å². The summed E-state index contributed by atoms with van der Waals surface area (Å²) in [4.78, 5) is 2.32. The molecule has 0 spiro atoms. The Bertz CT molecular complexity index is 424. The van der Waals surface area contributed by atoms with E-state index in [-0.39, 0.29) is 11.3 Å². The van der Waals surface area contributed by atoms with E-state index in [1.165, 1.54) is 11.1 Å². The molecule has 3 nitrogen and oxygen atoms in total. The van der Waals surface area contributed by atoms with Crippen molar-refractivity contribution in [1.82, 2.24) is 4.90 Å². The van der Waals surface area contributed by atoms with Crippen molar-refractivity contribution < 1.29 is 0 Å². The highest BCUT2D eigenvalue weighted by atomic mass is 15.1. The van der Waals surface area contributed by atoms with Crippen LogP contribution in [0.4, 0.5) is 0 Å². The number of nitrogens with zero attached hydrogens (tertiary/aromatic N) is 1. The smallest absolute Gasteiger partial charge is 0.0963 e. The highest BCUT2D eigenvalue weighted by Gasteiger charge is 2.20. The number of nitrogens with one attached hydrogen (secondary N) is 1. The van der Waals surface area contributed by atoms with E-state index in [1.54, 1.807) is 0 Å². The average Bonchev–Trinajstić information content (AvgIpc) is 2.28. The van der Waals surface area contributed by atoms with E-state index in [2.05, 4.69) is 43.1 Å². The zero-order chi connectivity index (χ0) is 14.5. The van der Waals surface area contributed by atoms with Crippen LogP contribution in [0.15, 0.2) is 24.3 Å². The van der Waals surface area contributed by atoms with Gasteiger partial charge in [-0.05, 0) is 38.9 Å². The minimum absolute atomic E-state index is 0.176. The first-order chi connectivity index (χ1) is 8.81. The summed E-state index contributed by atoms with van der Waals surface area (Å²) in [6.45, 7) is 8.21. The molecule has 0 aliphatic rings. The van der Waals surface area contributed by atoms with E-state index >= 15 is 0 Å². The molecule has 0 heterocycles. The zero-order valence-electron chi connectivity index (χ0n) is 12.7. The number of rotatable bonds is 7. The van der Waals surface area contributed by atoms with Gasteiger partial charge in [-0.25, -0.2) is 0 Å². The first kappa shape index (κ1) is 15.7. The maximum atomic E-state index is 7.55. The highest BCUT2D eigenvalue weighted by molar-refractivity contribution is 5.82. The van der Waals surface area contributed by atoms with Gasteiger partial charge in [0.2, 0.25) is 0 Å². The maximum absolute atomic E-state index is 7.55. The Morgan fingerprint density at radius 1 is 1.37 bits per heavy atom. The molecular formula is C16H27N3. The molecule has 1 aromatic rings. The highest BCUT2D eigenvalue weighted by Crippen LogP contribution is 2.21. The number of nitrogens with two attached hydrogens (primary N) is 1. The van der Waals surface area contributed by atoms with Gasteiger partial charge in [0.05, 0.1) is 5.84 Å². The Labute approximate surface area is 117 Å². The summed E-state index contributed by atoms with van der Waals surface area (Å²) in [6, 6.07) is 8.63. The SMILES string of the molecule is Cc1cccc(CN(C)CCCC(C)(C)C(=N)N)c1. The second kappa shape index (κ2) is 6.71. The number of hydrogen-bond acceptors (Lipinski definition) is 2. The molecule has 0 aromatic heterocycles. The molecule has 0 aliphatic carbocycles.